The van der Waals surface area contributed by atoms with Crippen molar-refractivity contribution in [2.75, 3.05) is 0 Å². The summed E-state index contributed by atoms with van der Waals surface area (Å²) in [5, 5.41) is 13.6. The van der Waals surface area contributed by atoms with Crippen molar-refractivity contribution in [3.05, 3.63) is 47.5 Å². The standard InChI is InChI=1S/C16H20FN3O3S/c1-10-3-4-15(14(17)5-10)24(22,23)19-16(11-6-13(21)7-11)12-8-18-20(2)9-12/h3-5,8-9,11,13,16,19,21H,6-7H2,1-2H3. The summed E-state index contributed by atoms with van der Waals surface area (Å²) in [4.78, 5) is -0.373. The number of hydrogen-bond acceptors (Lipinski definition) is 4. The SMILES string of the molecule is Cc1ccc(S(=O)(=O)NC(c2cnn(C)c2)C2CC(O)C2)c(F)c1. The molecule has 24 heavy (non-hydrogen) atoms. The number of aliphatic hydroxyl groups is 1. The van der Waals surface area contributed by atoms with Gasteiger partial charge in [0.1, 0.15) is 10.7 Å². The van der Waals surface area contributed by atoms with Gasteiger partial charge in [-0.2, -0.15) is 5.10 Å². The molecule has 1 heterocycles. The van der Waals surface area contributed by atoms with E-state index in [-0.39, 0.29) is 10.8 Å². The molecule has 2 aromatic rings. The van der Waals surface area contributed by atoms with Gasteiger partial charge in [0, 0.05) is 18.8 Å². The van der Waals surface area contributed by atoms with Crippen molar-refractivity contribution in [3.8, 4) is 0 Å². The van der Waals surface area contributed by atoms with Crippen LogP contribution in [-0.2, 0) is 17.1 Å². The highest BCUT2D eigenvalue weighted by Crippen LogP contribution is 2.38. The van der Waals surface area contributed by atoms with Gasteiger partial charge in [-0.1, -0.05) is 6.07 Å². The molecular weight excluding hydrogens is 333 g/mol. The fourth-order valence-electron chi connectivity index (χ4n) is 2.99. The van der Waals surface area contributed by atoms with Crippen molar-refractivity contribution >= 4 is 10.0 Å². The number of benzene rings is 1. The zero-order valence-corrected chi connectivity index (χ0v) is 14.3. The van der Waals surface area contributed by atoms with Gasteiger partial charge in [-0.3, -0.25) is 4.68 Å². The van der Waals surface area contributed by atoms with Crippen LogP contribution in [0.25, 0.3) is 0 Å². The number of nitrogens with one attached hydrogen (secondary N) is 1. The third kappa shape index (κ3) is 3.35. The minimum atomic E-state index is -4.03. The Morgan fingerprint density at radius 2 is 2.12 bits per heavy atom. The Morgan fingerprint density at radius 1 is 1.42 bits per heavy atom. The Labute approximate surface area is 140 Å². The Bertz CT molecular complexity index is 844. The summed E-state index contributed by atoms with van der Waals surface area (Å²) in [5.41, 5.74) is 1.35. The van der Waals surface area contributed by atoms with Crippen molar-refractivity contribution < 1.29 is 17.9 Å². The van der Waals surface area contributed by atoms with E-state index in [9.17, 15) is 17.9 Å². The van der Waals surface area contributed by atoms with Crippen LogP contribution in [0.5, 0.6) is 0 Å². The molecule has 6 nitrogen and oxygen atoms in total. The number of aromatic nitrogens is 2. The highest BCUT2D eigenvalue weighted by molar-refractivity contribution is 7.89. The van der Waals surface area contributed by atoms with E-state index in [1.165, 1.54) is 12.1 Å². The lowest BCUT2D eigenvalue weighted by molar-refractivity contribution is 0.0280. The third-order valence-electron chi connectivity index (χ3n) is 4.36. The van der Waals surface area contributed by atoms with Crippen molar-refractivity contribution in [3.63, 3.8) is 0 Å². The number of aryl methyl sites for hydroxylation is 2. The van der Waals surface area contributed by atoms with Gasteiger partial charge < -0.3 is 5.11 Å². The Hall–Kier alpha value is -1.77. The Balaban J connectivity index is 1.91. The van der Waals surface area contributed by atoms with Crippen LogP contribution in [0, 0.1) is 18.7 Å². The summed E-state index contributed by atoms with van der Waals surface area (Å²) in [7, 11) is -2.29. The van der Waals surface area contributed by atoms with Gasteiger partial charge in [0.15, 0.2) is 0 Å². The van der Waals surface area contributed by atoms with E-state index < -0.39 is 28.0 Å². The van der Waals surface area contributed by atoms with Gasteiger partial charge in [0.25, 0.3) is 0 Å². The highest BCUT2D eigenvalue weighted by Gasteiger charge is 2.38. The number of aliphatic hydroxyl groups excluding tert-OH is 1. The Morgan fingerprint density at radius 3 is 2.67 bits per heavy atom. The maximum atomic E-state index is 14.1. The van der Waals surface area contributed by atoms with Gasteiger partial charge in [-0.15, -0.1) is 0 Å². The van der Waals surface area contributed by atoms with Crippen LogP contribution in [0.1, 0.15) is 30.0 Å². The van der Waals surface area contributed by atoms with Crippen molar-refractivity contribution in [1.29, 1.82) is 0 Å². The lowest BCUT2D eigenvalue weighted by Crippen LogP contribution is -2.41. The maximum Gasteiger partial charge on any atom is 0.244 e. The third-order valence-corrected chi connectivity index (χ3v) is 5.84. The lowest BCUT2D eigenvalue weighted by Gasteiger charge is -2.37. The van der Waals surface area contributed by atoms with Gasteiger partial charge in [-0.25, -0.2) is 17.5 Å². The number of halogens is 1. The zero-order valence-electron chi connectivity index (χ0n) is 13.5. The van der Waals surface area contributed by atoms with Crippen LogP contribution in [0.2, 0.25) is 0 Å². The number of hydrogen-bond donors (Lipinski definition) is 2. The molecule has 0 bridgehead atoms. The smallest absolute Gasteiger partial charge is 0.244 e. The summed E-state index contributed by atoms with van der Waals surface area (Å²) in [6, 6.07) is 3.47. The molecule has 1 aromatic carbocycles. The number of nitrogens with zero attached hydrogens (tertiary/aromatic N) is 2. The predicted octanol–water partition coefficient (Wildman–Crippen LogP) is 1.66. The highest BCUT2D eigenvalue weighted by atomic mass is 32.2. The molecule has 1 aliphatic carbocycles. The van der Waals surface area contributed by atoms with Crippen LogP contribution in [0.4, 0.5) is 4.39 Å². The molecule has 1 aliphatic rings. The molecule has 0 radical (unpaired) electrons. The minimum Gasteiger partial charge on any atom is -0.393 e. The molecule has 2 N–H and O–H groups in total. The first kappa shape index (κ1) is 17.1. The van der Waals surface area contributed by atoms with E-state index in [1.54, 1.807) is 37.1 Å². The van der Waals surface area contributed by atoms with Crippen LogP contribution < -0.4 is 4.72 Å². The molecule has 3 rings (SSSR count). The zero-order chi connectivity index (χ0) is 17.5. The molecule has 8 heteroatoms. The van der Waals surface area contributed by atoms with Gasteiger partial charge >= 0.3 is 0 Å². The molecule has 0 saturated heterocycles. The summed E-state index contributed by atoms with van der Waals surface area (Å²) in [6.07, 6.45) is 3.89. The van der Waals surface area contributed by atoms with E-state index in [1.807, 2.05) is 0 Å². The van der Waals surface area contributed by atoms with Crippen molar-refractivity contribution in [2.24, 2.45) is 13.0 Å². The predicted molar refractivity (Wildman–Crippen MR) is 86.1 cm³/mol. The first-order chi connectivity index (χ1) is 11.3. The number of sulfonamides is 1. The summed E-state index contributed by atoms with van der Waals surface area (Å²) < 4.78 is 43.5. The monoisotopic (exact) mass is 353 g/mol. The summed E-state index contributed by atoms with van der Waals surface area (Å²) in [6.45, 7) is 1.70. The van der Waals surface area contributed by atoms with Crippen LogP contribution in [-0.4, -0.2) is 29.4 Å². The van der Waals surface area contributed by atoms with E-state index in [2.05, 4.69) is 9.82 Å². The number of rotatable bonds is 5. The fourth-order valence-corrected chi connectivity index (χ4v) is 4.35. The quantitative estimate of drug-likeness (QED) is 0.856. The minimum absolute atomic E-state index is 0.0486. The first-order valence-electron chi connectivity index (χ1n) is 7.71. The van der Waals surface area contributed by atoms with E-state index >= 15 is 0 Å². The lowest BCUT2D eigenvalue weighted by atomic mass is 9.76. The molecule has 1 unspecified atom stereocenters. The normalized spacial score (nSPS) is 22.2. The molecule has 1 aromatic heterocycles. The maximum absolute atomic E-state index is 14.1. The summed E-state index contributed by atoms with van der Waals surface area (Å²) >= 11 is 0. The average Bonchev–Trinajstić information content (AvgIpc) is 2.88. The van der Waals surface area contributed by atoms with E-state index in [0.717, 1.165) is 0 Å². The molecule has 130 valence electrons. The van der Waals surface area contributed by atoms with Gasteiger partial charge in [0.2, 0.25) is 10.0 Å². The van der Waals surface area contributed by atoms with Crippen LogP contribution >= 0.6 is 0 Å². The average molecular weight is 353 g/mol. The molecule has 1 fully saturated rings. The van der Waals surface area contributed by atoms with Gasteiger partial charge in [-0.05, 0) is 43.4 Å². The topological polar surface area (TPSA) is 84.2 Å². The van der Waals surface area contributed by atoms with Crippen molar-refractivity contribution in [1.82, 2.24) is 14.5 Å². The Kier molecular flexibility index (Phi) is 4.46. The molecule has 1 saturated carbocycles. The molecular formula is C16H20FN3O3S. The second-order valence-corrected chi connectivity index (χ2v) is 8.05. The largest absolute Gasteiger partial charge is 0.393 e. The van der Waals surface area contributed by atoms with Crippen molar-refractivity contribution in [2.45, 2.75) is 36.8 Å². The van der Waals surface area contributed by atoms with Gasteiger partial charge in [0.05, 0.1) is 18.3 Å². The molecule has 1 atom stereocenters. The van der Waals surface area contributed by atoms with Crippen LogP contribution in [0.3, 0.4) is 0 Å². The second-order valence-electron chi connectivity index (χ2n) is 6.37. The second kappa shape index (κ2) is 6.27. The molecule has 0 amide bonds. The van der Waals surface area contributed by atoms with E-state index in [0.29, 0.717) is 24.0 Å². The fraction of sp³-hybridized carbons (Fsp3) is 0.438. The molecule has 0 spiro atoms. The van der Waals surface area contributed by atoms with Crippen LogP contribution in [0.15, 0.2) is 35.5 Å². The van der Waals surface area contributed by atoms with E-state index in [4.69, 9.17) is 0 Å². The first-order valence-corrected chi connectivity index (χ1v) is 9.19. The summed E-state index contributed by atoms with van der Waals surface area (Å²) in [5.74, 6) is -0.825. The molecule has 0 aliphatic heterocycles.